The molecule has 28 heavy (non-hydrogen) atoms. The summed E-state index contributed by atoms with van der Waals surface area (Å²) >= 11 is 6.61. The zero-order chi connectivity index (χ0) is 19.5. The molecule has 1 saturated heterocycles. The van der Waals surface area contributed by atoms with Crippen molar-refractivity contribution in [3.8, 4) is 0 Å². The summed E-state index contributed by atoms with van der Waals surface area (Å²) in [5, 5.41) is 13.6. The largest absolute Gasteiger partial charge is 0.369 e. The van der Waals surface area contributed by atoms with E-state index in [2.05, 4.69) is 21.6 Å². The van der Waals surface area contributed by atoms with Crippen molar-refractivity contribution in [3.63, 3.8) is 0 Å². The van der Waals surface area contributed by atoms with E-state index >= 15 is 0 Å². The van der Waals surface area contributed by atoms with Crippen molar-refractivity contribution in [1.82, 2.24) is 20.2 Å². The van der Waals surface area contributed by atoms with E-state index in [0.717, 1.165) is 55.2 Å². The van der Waals surface area contributed by atoms with E-state index in [-0.39, 0.29) is 17.9 Å². The minimum absolute atomic E-state index is 0.0371. The van der Waals surface area contributed by atoms with Gasteiger partial charge < -0.3 is 10.6 Å². The van der Waals surface area contributed by atoms with Crippen LogP contribution in [0.5, 0.6) is 0 Å². The predicted octanol–water partition coefficient (Wildman–Crippen LogP) is 1.70. The number of aromatic nitrogens is 4. The lowest BCUT2D eigenvalue weighted by molar-refractivity contribution is -0.931. The Bertz CT molecular complexity index is 811. The fourth-order valence-electron chi connectivity index (χ4n) is 4.79. The molecule has 150 valence electrons. The molecule has 2 fully saturated rings. The number of nitrogens with two attached hydrogens (primary N) is 1. The number of nitrogens with zero attached hydrogens (tertiary/aromatic N) is 4. The van der Waals surface area contributed by atoms with Crippen molar-refractivity contribution in [1.29, 1.82) is 0 Å². The average molecular weight is 404 g/mol. The van der Waals surface area contributed by atoms with Crippen molar-refractivity contribution in [2.24, 2.45) is 11.7 Å². The molecule has 1 atom stereocenters. The molecule has 1 aromatic heterocycles. The Hall–Kier alpha value is -1.99. The zero-order valence-electron chi connectivity index (χ0n) is 16.1. The van der Waals surface area contributed by atoms with Gasteiger partial charge in [-0.1, -0.05) is 49.1 Å². The van der Waals surface area contributed by atoms with Crippen LogP contribution in [-0.4, -0.2) is 39.2 Å². The van der Waals surface area contributed by atoms with Crippen molar-refractivity contribution in [2.45, 2.75) is 57.0 Å². The second kappa shape index (κ2) is 8.57. The van der Waals surface area contributed by atoms with Crippen LogP contribution in [0.4, 0.5) is 0 Å². The van der Waals surface area contributed by atoms with E-state index in [9.17, 15) is 4.79 Å². The highest BCUT2D eigenvalue weighted by molar-refractivity contribution is 6.31. The molecular weight excluding hydrogens is 376 g/mol. The third kappa shape index (κ3) is 3.91. The molecule has 8 heteroatoms. The average Bonchev–Trinajstić information content (AvgIpc) is 3.20. The Labute approximate surface area is 170 Å². The summed E-state index contributed by atoms with van der Waals surface area (Å²) in [4.78, 5) is 12.9. The van der Waals surface area contributed by atoms with Gasteiger partial charge in [0.25, 0.3) is 0 Å². The maximum absolute atomic E-state index is 11.6. The number of nitrogens with one attached hydrogen (secondary N) is 1. The maximum Gasteiger partial charge on any atom is 0.220 e. The number of rotatable bonds is 5. The number of likely N-dealkylation sites (tertiary alicyclic amines) is 1. The summed E-state index contributed by atoms with van der Waals surface area (Å²) in [6.45, 7) is 1.70. The van der Waals surface area contributed by atoms with Crippen LogP contribution in [0, 0.1) is 5.92 Å². The van der Waals surface area contributed by atoms with Crippen LogP contribution >= 0.6 is 11.6 Å². The molecule has 1 aromatic carbocycles. The number of hydrogen-bond acceptors (Lipinski definition) is 4. The summed E-state index contributed by atoms with van der Waals surface area (Å²) in [6.07, 6.45) is 7.54. The normalized spacial score (nSPS) is 24.8. The number of piperidine rings is 1. The van der Waals surface area contributed by atoms with Gasteiger partial charge in [0.1, 0.15) is 0 Å². The Morgan fingerprint density at radius 3 is 2.54 bits per heavy atom. The number of primary amides is 1. The molecule has 2 heterocycles. The van der Waals surface area contributed by atoms with Gasteiger partial charge in [0.05, 0.1) is 24.2 Å². The molecule has 1 aliphatic carbocycles. The van der Waals surface area contributed by atoms with Crippen LogP contribution < -0.4 is 10.6 Å². The second-order valence-electron chi connectivity index (χ2n) is 8.06. The molecule has 4 rings (SSSR count). The minimum atomic E-state index is -0.194. The predicted molar refractivity (Wildman–Crippen MR) is 106 cm³/mol. The van der Waals surface area contributed by atoms with E-state index < -0.39 is 0 Å². The van der Waals surface area contributed by atoms with Gasteiger partial charge >= 0.3 is 0 Å². The van der Waals surface area contributed by atoms with Crippen LogP contribution in [0.3, 0.4) is 0 Å². The summed E-state index contributed by atoms with van der Waals surface area (Å²) in [6, 6.07) is 8.26. The van der Waals surface area contributed by atoms with Crippen LogP contribution in [-0.2, 0) is 4.79 Å². The lowest BCUT2D eigenvalue weighted by Crippen LogP contribution is -3.13. The van der Waals surface area contributed by atoms with Crippen LogP contribution in [0.25, 0.3) is 0 Å². The number of quaternary nitrogens is 1. The number of amides is 1. The van der Waals surface area contributed by atoms with Gasteiger partial charge in [0.15, 0.2) is 6.04 Å². The van der Waals surface area contributed by atoms with Gasteiger partial charge in [-0.2, -0.15) is 0 Å². The molecule has 0 bridgehead atoms. The number of tetrazole rings is 1. The van der Waals surface area contributed by atoms with Crippen molar-refractivity contribution >= 4 is 17.5 Å². The fraction of sp³-hybridized carbons (Fsp3) is 0.600. The lowest BCUT2D eigenvalue weighted by atomic mass is 9.92. The molecule has 2 aromatic rings. The molecule has 1 saturated carbocycles. The topological polar surface area (TPSA) is 91.1 Å². The van der Waals surface area contributed by atoms with Gasteiger partial charge in [0, 0.05) is 24.3 Å². The minimum Gasteiger partial charge on any atom is -0.369 e. The zero-order valence-corrected chi connectivity index (χ0v) is 16.8. The molecule has 1 aliphatic heterocycles. The monoisotopic (exact) mass is 403 g/mol. The lowest BCUT2D eigenvalue weighted by Gasteiger charge is -2.34. The first-order chi connectivity index (χ1) is 13.6. The quantitative estimate of drug-likeness (QED) is 0.794. The Morgan fingerprint density at radius 2 is 1.86 bits per heavy atom. The number of benzene rings is 1. The maximum atomic E-state index is 11.6. The van der Waals surface area contributed by atoms with Crippen LogP contribution in [0.2, 0.25) is 5.02 Å². The molecule has 3 N–H and O–H groups in total. The first-order valence-electron chi connectivity index (χ1n) is 10.3. The van der Waals surface area contributed by atoms with E-state index in [1.807, 2.05) is 22.9 Å². The molecule has 7 nitrogen and oxygen atoms in total. The van der Waals surface area contributed by atoms with E-state index in [0.29, 0.717) is 6.04 Å². The number of carbonyl (C=O) groups excluding carboxylic acids is 1. The highest BCUT2D eigenvalue weighted by Crippen LogP contribution is 2.32. The van der Waals surface area contributed by atoms with Gasteiger partial charge in [0.2, 0.25) is 11.7 Å². The standard InChI is InChI=1S/C20H27ClN6O/c21-17-9-5-4-8-16(17)18(26-12-10-14(11-13-26)19(22)28)20-23-24-25-27(20)15-6-2-1-3-7-15/h4-5,8-9,14-15,18H,1-3,6-7,10-13H2,(H2,22,28)/p+1/t18-/m0/s1. The third-order valence-electron chi connectivity index (χ3n) is 6.35. The van der Waals surface area contributed by atoms with Gasteiger partial charge in [-0.05, 0) is 29.3 Å². The number of halogens is 1. The van der Waals surface area contributed by atoms with Crippen molar-refractivity contribution < 1.29 is 9.69 Å². The highest BCUT2D eigenvalue weighted by Gasteiger charge is 2.38. The second-order valence-corrected chi connectivity index (χ2v) is 8.47. The summed E-state index contributed by atoms with van der Waals surface area (Å²) < 4.78 is 2.04. The highest BCUT2D eigenvalue weighted by atomic mass is 35.5. The smallest absolute Gasteiger partial charge is 0.220 e. The van der Waals surface area contributed by atoms with Gasteiger partial charge in [-0.25, -0.2) is 4.68 Å². The number of hydrogen-bond donors (Lipinski definition) is 2. The molecule has 0 radical (unpaired) electrons. The van der Waals surface area contributed by atoms with Crippen molar-refractivity contribution in [3.05, 3.63) is 40.7 Å². The Balaban J connectivity index is 1.68. The summed E-state index contributed by atoms with van der Waals surface area (Å²) in [7, 11) is 0. The first kappa shape index (κ1) is 19.3. The van der Waals surface area contributed by atoms with E-state index in [4.69, 9.17) is 17.3 Å². The molecule has 2 aliphatic rings. The Morgan fingerprint density at radius 1 is 1.14 bits per heavy atom. The SMILES string of the molecule is NC(=O)C1CC[NH+]([C@@H](c2ccccc2Cl)c2nnnn2C2CCCCC2)CC1. The molecule has 0 spiro atoms. The first-order valence-corrected chi connectivity index (χ1v) is 10.7. The van der Waals surface area contributed by atoms with Crippen LogP contribution in [0.1, 0.15) is 68.4 Å². The van der Waals surface area contributed by atoms with Crippen molar-refractivity contribution in [2.75, 3.05) is 13.1 Å². The van der Waals surface area contributed by atoms with Gasteiger partial charge in [-0.15, -0.1) is 5.10 Å². The fourth-order valence-corrected chi connectivity index (χ4v) is 5.03. The van der Waals surface area contributed by atoms with E-state index in [1.54, 1.807) is 0 Å². The molecule has 1 amide bonds. The van der Waals surface area contributed by atoms with E-state index in [1.165, 1.54) is 24.2 Å². The van der Waals surface area contributed by atoms with Crippen LogP contribution in [0.15, 0.2) is 24.3 Å². The van der Waals surface area contributed by atoms with Gasteiger partial charge in [-0.3, -0.25) is 4.79 Å². The summed E-state index contributed by atoms with van der Waals surface area (Å²) in [5.74, 6) is 0.651. The molecule has 0 unspecified atom stereocenters. The Kier molecular flexibility index (Phi) is 5.92. The number of carbonyl (C=O) groups is 1. The summed E-state index contributed by atoms with van der Waals surface area (Å²) in [5.41, 5.74) is 6.58. The third-order valence-corrected chi connectivity index (χ3v) is 6.70. The molecular formula is C20H28ClN6O+.